The van der Waals surface area contributed by atoms with Gasteiger partial charge in [-0.15, -0.1) is 0 Å². The molecule has 0 amide bonds. The van der Waals surface area contributed by atoms with Crippen LogP contribution in [0, 0.1) is 0 Å². The molecule has 0 saturated heterocycles. The Labute approximate surface area is 99.5 Å². The van der Waals surface area contributed by atoms with E-state index in [9.17, 15) is 13.2 Å². The first-order valence-corrected chi connectivity index (χ1v) is 6.71. The minimum atomic E-state index is -3.44. The van der Waals surface area contributed by atoms with Gasteiger partial charge in [-0.2, -0.15) is 0 Å². The predicted molar refractivity (Wildman–Crippen MR) is 60.7 cm³/mol. The molecule has 0 spiro atoms. The van der Waals surface area contributed by atoms with Crippen molar-refractivity contribution in [2.75, 3.05) is 5.75 Å². The standard InChI is InChI=1S/C9H15N3O4S/c1-12-5-4-10-8(12)7-11-17(15,16)6-2-3-9(13)14/h4-5,11H,2-3,6-7H2,1H3,(H,13,14). The van der Waals surface area contributed by atoms with Gasteiger partial charge in [-0.05, 0) is 6.42 Å². The number of carbonyl (C=O) groups is 1. The highest BCUT2D eigenvalue weighted by Gasteiger charge is 2.12. The molecular formula is C9H15N3O4S. The molecular weight excluding hydrogens is 246 g/mol. The van der Waals surface area contributed by atoms with Gasteiger partial charge >= 0.3 is 5.97 Å². The maximum Gasteiger partial charge on any atom is 0.303 e. The van der Waals surface area contributed by atoms with Crippen LogP contribution in [0.3, 0.4) is 0 Å². The second-order valence-electron chi connectivity index (χ2n) is 3.59. The molecule has 17 heavy (non-hydrogen) atoms. The lowest BCUT2D eigenvalue weighted by Gasteiger charge is -2.05. The molecule has 7 nitrogen and oxygen atoms in total. The van der Waals surface area contributed by atoms with E-state index in [1.807, 2.05) is 0 Å². The van der Waals surface area contributed by atoms with Crippen molar-refractivity contribution in [3.8, 4) is 0 Å². The fraction of sp³-hybridized carbons (Fsp3) is 0.556. The topological polar surface area (TPSA) is 101 Å². The Balaban J connectivity index is 2.40. The van der Waals surface area contributed by atoms with E-state index in [4.69, 9.17) is 5.11 Å². The third-order valence-corrected chi connectivity index (χ3v) is 3.59. The van der Waals surface area contributed by atoms with E-state index in [0.29, 0.717) is 5.82 Å². The van der Waals surface area contributed by atoms with Gasteiger partial charge in [-0.1, -0.05) is 0 Å². The quantitative estimate of drug-likeness (QED) is 0.702. The maximum absolute atomic E-state index is 11.5. The summed E-state index contributed by atoms with van der Waals surface area (Å²) in [6.45, 7) is 0.110. The number of carboxylic acids is 1. The summed E-state index contributed by atoms with van der Waals surface area (Å²) in [6.07, 6.45) is 3.25. The van der Waals surface area contributed by atoms with Gasteiger partial charge in [0.25, 0.3) is 0 Å². The first-order valence-electron chi connectivity index (χ1n) is 5.06. The molecule has 0 unspecified atom stereocenters. The zero-order valence-electron chi connectivity index (χ0n) is 9.46. The number of nitrogens with zero attached hydrogens (tertiary/aromatic N) is 2. The normalized spacial score (nSPS) is 11.6. The number of nitrogens with one attached hydrogen (secondary N) is 1. The molecule has 0 fully saturated rings. The number of hydrogen-bond donors (Lipinski definition) is 2. The monoisotopic (exact) mass is 261 g/mol. The second-order valence-corrected chi connectivity index (χ2v) is 5.52. The molecule has 0 aliphatic rings. The Morgan fingerprint density at radius 3 is 2.82 bits per heavy atom. The average Bonchev–Trinajstić information content (AvgIpc) is 2.60. The van der Waals surface area contributed by atoms with Crippen LogP contribution in [-0.4, -0.2) is 34.8 Å². The Bertz CT molecular complexity index is 480. The van der Waals surface area contributed by atoms with Crippen molar-refractivity contribution in [2.45, 2.75) is 19.4 Å². The molecule has 1 heterocycles. The molecule has 1 rings (SSSR count). The highest BCUT2D eigenvalue weighted by molar-refractivity contribution is 7.89. The minimum Gasteiger partial charge on any atom is -0.481 e. The van der Waals surface area contributed by atoms with Crippen molar-refractivity contribution in [3.63, 3.8) is 0 Å². The van der Waals surface area contributed by atoms with Crippen LogP contribution in [0.5, 0.6) is 0 Å². The number of imidazole rings is 1. The van der Waals surface area contributed by atoms with E-state index in [0.717, 1.165) is 0 Å². The van der Waals surface area contributed by atoms with Crippen LogP contribution in [0.1, 0.15) is 18.7 Å². The number of aliphatic carboxylic acids is 1. The highest BCUT2D eigenvalue weighted by Crippen LogP contribution is 1.98. The van der Waals surface area contributed by atoms with Gasteiger partial charge in [-0.3, -0.25) is 4.79 Å². The highest BCUT2D eigenvalue weighted by atomic mass is 32.2. The molecule has 96 valence electrons. The van der Waals surface area contributed by atoms with E-state index in [1.165, 1.54) is 0 Å². The van der Waals surface area contributed by atoms with E-state index < -0.39 is 16.0 Å². The number of aryl methyl sites for hydroxylation is 1. The molecule has 0 aliphatic carbocycles. The van der Waals surface area contributed by atoms with Gasteiger partial charge in [0.05, 0.1) is 12.3 Å². The van der Waals surface area contributed by atoms with Gasteiger partial charge in [0, 0.05) is 25.9 Å². The van der Waals surface area contributed by atoms with E-state index in [1.54, 1.807) is 24.0 Å². The lowest BCUT2D eigenvalue weighted by molar-refractivity contribution is -0.137. The zero-order chi connectivity index (χ0) is 12.9. The first-order chi connectivity index (χ1) is 7.91. The van der Waals surface area contributed by atoms with Gasteiger partial charge in [0.1, 0.15) is 5.82 Å². The molecule has 1 aromatic heterocycles. The van der Waals surface area contributed by atoms with Crippen molar-refractivity contribution >= 4 is 16.0 Å². The third-order valence-electron chi connectivity index (χ3n) is 2.17. The zero-order valence-corrected chi connectivity index (χ0v) is 10.3. The first kappa shape index (κ1) is 13.7. The Hall–Kier alpha value is -1.41. The summed E-state index contributed by atoms with van der Waals surface area (Å²) in [5.74, 6) is -0.583. The summed E-state index contributed by atoms with van der Waals surface area (Å²) < 4.78 is 27.0. The van der Waals surface area contributed by atoms with Gasteiger partial charge in [-0.25, -0.2) is 18.1 Å². The fourth-order valence-electron chi connectivity index (χ4n) is 1.23. The van der Waals surface area contributed by atoms with Crippen molar-refractivity contribution in [2.24, 2.45) is 7.05 Å². The maximum atomic E-state index is 11.5. The third kappa shape index (κ3) is 4.96. The van der Waals surface area contributed by atoms with Crippen molar-refractivity contribution < 1.29 is 18.3 Å². The summed E-state index contributed by atoms with van der Waals surface area (Å²) in [4.78, 5) is 14.2. The lowest BCUT2D eigenvalue weighted by Crippen LogP contribution is -2.27. The van der Waals surface area contributed by atoms with Crippen LogP contribution in [0.25, 0.3) is 0 Å². The van der Waals surface area contributed by atoms with Crippen LogP contribution >= 0.6 is 0 Å². The molecule has 0 atom stereocenters. The smallest absolute Gasteiger partial charge is 0.303 e. The summed E-state index contributed by atoms with van der Waals surface area (Å²) in [5.41, 5.74) is 0. The second kappa shape index (κ2) is 5.78. The van der Waals surface area contributed by atoms with Crippen molar-refractivity contribution in [1.29, 1.82) is 0 Å². The molecule has 0 aliphatic heterocycles. The van der Waals surface area contributed by atoms with E-state index in [-0.39, 0.29) is 25.1 Å². The molecule has 0 saturated carbocycles. The molecule has 2 N–H and O–H groups in total. The van der Waals surface area contributed by atoms with Crippen molar-refractivity contribution in [1.82, 2.24) is 14.3 Å². The molecule has 0 radical (unpaired) electrons. The minimum absolute atomic E-state index is 0.102. The fourth-order valence-corrected chi connectivity index (χ4v) is 2.24. The van der Waals surface area contributed by atoms with Gasteiger partial charge in [0.15, 0.2) is 0 Å². The Morgan fingerprint density at radius 1 is 1.59 bits per heavy atom. The molecule has 8 heteroatoms. The van der Waals surface area contributed by atoms with Crippen LogP contribution in [0.15, 0.2) is 12.4 Å². The molecule has 1 aromatic rings. The summed E-state index contributed by atoms with van der Waals surface area (Å²) in [5, 5.41) is 8.40. The molecule has 0 aromatic carbocycles. The summed E-state index contributed by atoms with van der Waals surface area (Å²) in [7, 11) is -1.67. The number of rotatable bonds is 7. The average molecular weight is 261 g/mol. The van der Waals surface area contributed by atoms with E-state index >= 15 is 0 Å². The van der Waals surface area contributed by atoms with Gasteiger partial charge in [0.2, 0.25) is 10.0 Å². The van der Waals surface area contributed by atoms with E-state index in [2.05, 4.69) is 9.71 Å². The number of aromatic nitrogens is 2. The number of sulfonamides is 1. The van der Waals surface area contributed by atoms with Gasteiger partial charge < -0.3 is 9.67 Å². The van der Waals surface area contributed by atoms with Crippen LogP contribution in [0.2, 0.25) is 0 Å². The summed E-state index contributed by atoms with van der Waals surface area (Å²) >= 11 is 0. The van der Waals surface area contributed by atoms with Crippen LogP contribution in [-0.2, 0) is 28.4 Å². The number of carboxylic acid groups (broad SMARTS) is 1. The van der Waals surface area contributed by atoms with Crippen molar-refractivity contribution in [3.05, 3.63) is 18.2 Å². The van der Waals surface area contributed by atoms with Crippen LogP contribution < -0.4 is 4.72 Å². The van der Waals surface area contributed by atoms with Crippen LogP contribution in [0.4, 0.5) is 0 Å². The largest absolute Gasteiger partial charge is 0.481 e. The molecule has 0 bridgehead atoms. The number of hydrogen-bond acceptors (Lipinski definition) is 4. The Morgan fingerprint density at radius 2 is 2.29 bits per heavy atom. The summed E-state index contributed by atoms with van der Waals surface area (Å²) in [6, 6.07) is 0. The lowest BCUT2D eigenvalue weighted by atomic mass is 10.3. The predicted octanol–water partition coefficient (Wildman–Crippen LogP) is -0.296. The SMILES string of the molecule is Cn1ccnc1CNS(=O)(=O)CCCC(=O)O. The Kier molecular flexibility index (Phi) is 4.64.